The highest BCUT2D eigenvalue weighted by molar-refractivity contribution is 5.59. The highest BCUT2D eigenvalue weighted by Crippen LogP contribution is 2.27. The Bertz CT molecular complexity index is 830. The van der Waals surface area contributed by atoms with Gasteiger partial charge < -0.3 is 15.3 Å². The van der Waals surface area contributed by atoms with Crippen molar-refractivity contribution in [3.8, 4) is 6.07 Å². The van der Waals surface area contributed by atoms with E-state index < -0.39 is 0 Å². The van der Waals surface area contributed by atoms with Crippen molar-refractivity contribution in [1.82, 2.24) is 9.97 Å². The Hall–Kier alpha value is -2.65. The number of rotatable bonds is 7. The van der Waals surface area contributed by atoms with Gasteiger partial charge in [0.2, 0.25) is 5.95 Å². The number of benzene rings is 1. The molecule has 6 heteroatoms. The molecule has 0 amide bonds. The number of aryl methyl sites for hydroxylation is 2. The van der Waals surface area contributed by atoms with E-state index in [1.807, 2.05) is 31.2 Å². The molecule has 6 nitrogen and oxygen atoms in total. The Morgan fingerprint density at radius 2 is 2.19 bits per heavy atom. The maximum Gasteiger partial charge on any atom is 0.229 e. The number of aliphatic hydroxyl groups excluding tert-OH is 1. The molecule has 3 rings (SSSR count). The minimum atomic E-state index is 0.122. The molecule has 0 bridgehead atoms. The maximum atomic E-state index is 9.67. The molecule has 0 aliphatic carbocycles. The van der Waals surface area contributed by atoms with E-state index in [4.69, 9.17) is 4.98 Å². The predicted molar refractivity (Wildman–Crippen MR) is 107 cm³/mol. The second-order valence-corrected chi connectivity index (χ2v) is 7.08. The summed E-state index contributed by atoms with van der Waals surface area (Å²) < 4.78 is 0. The van der Waals surface area contributed by atoms with E-state index in [1.165, 1.54) is 0 Å². The van der Waals surface area contributed by atoms with E-state index in [0.717, 1.165) is 61.4 Å². The van der Waals surface area contributed by atoms with Crippen LogP contribution in [0, 0.1) is 18.3 Å². The minimum absolute atomic E-state index is 0.122. The Kier molecular flexibility index (Phi) is 6.25. The molecule has 0 radical (unpaired) electrons. The number of hydrogen-bond donors (Lipinski definition) is 2. The summed E-state index contributed by atoms with van der Waals surface area (Å²) in [6, 6.07) is 10.1. The van der Waals surface area contributed by atoms with Crippen molar-refractivity contribution in [2.45, 2.75) is 52.0 Å². The standard InChI is InChI=1S/C21H27N5O/c1-3-4-6-17-12-20(26-10-5-7-19(26)14-27)25-21(23-17)24-18-9-8-15(2)16(11-18)13-22/h8-9,11-12,19,27H,3-7,10,14H2,1-2H3,(H,23,24,25). The monoisotopic (exact) mass is 365 g/mol. The topological polar surface area (TPSA) is 85.1 Å². The molecule has 27 heavy (non-hydrogen) atoms. The summed E-state index contributed by atoms with van der Waals surface area (Å²) in [6.45, 7) is 5.13. The SMILES string of the molecule is CCCCc1cc(N2CCCC2CO)nc(Nc2ccc(C)c(C#N)c2)n1. The first-order valence-electron chi connectivity index (χ1n) is 9.67. The molecule has 1 aliphatic rings. The van der Waals surface area contributed by atoms with Gasteiger partial charge in [0.1, 0.15) is 5.82 Å². The lowest BCUT2D eigenvalue weighted by Gasteiger charge is -2.25. The van der Waals surface area contributed by atoms with E-state index >= 15 is 0 Å². The fourth-order valence-electron chi connectivity index (χ4n) is 3.45. The average molecular weight is 365 g/mol. The van der Waals surface area contributed by atoms with Gasteiger partial charge in [-0.25, -0.2) is 4.98 Å². The summed E-state index contributed by atoms with van der Waals surface area (Å²) in [4.78, 5) is 11.6. The van der Waals surface area contributed by atoms with Crippen LogP contribution in [0.3, 0.4) is 0 Å². The summed E-state index contributed by atoms with van der Waals surface area (Å²) in [5.41, 5.74) is 3.39. The van der Waals surface area contributed by atoms with Crippen LogP contribution in [0.1, 0.15) is 49.4 Å². The van der Waals surface area contributed by atoms with Crippen LogP contribution in [-0.2, 0) is 6.42 Å². The van der Waals surface area contributed by atoms with E-state index in [2.05, 4.69) is 28.2 Å². The lowest BCUT2D eigenvalue weighted by atomic mass is 10.1. The summed E-state index contributed by atoms with van der Waals surface area (Å²) in [5.74, 6) is 1.40. The fraction of sp³-hybridized carbons (Fsp3) is 0.476. The third-order valence-electron chi connectivity index (χ3n) is 5.05. The molecule has 1 aliphatic heterocycles. The number of unbranched alkanes of at least 4 members (excludes halogenated alkanes) is 1. The van der Waals surface area contributed by atoms with Gasteiger partial charge >= 0.3 is 0 Å². The normalized spacial score (nSPS) is 16.4. The van der Waals surface area contributed by atoms with Crippen LogP contribution in [0.25, 0.3) is 0 Å². The van der Waals surface area contributed by atoms with E-state index in [9.17, 15) is 10.4 Å². The third kappa shape index (κ3) is 4.55. The number of nitrogens with zero attached hydrogens (tertiary/aromatic N) is 4. The van der Waals surface area contributed by atoms with Crippen LogP contribution in [0.4, 0.5) is 17.5 Å². The van der Waals surface area contributed by atoms with Crippen molar-refractivity contribution in [2.75, 3.05) is 23.4 Å². The van der Waals surface area contributed by atoms with Crippen molar-refractivity contribution in [2.24, 2.45) is 0 Å². The molecule has 142 valence electrons. The Labute approximate surface area is 160 Å². The van der Waals surface area contributed by atoms with Gasteiger partial charge in [0.15, 0.2) is 0 Å². The van der Waals surface area contributed by atoms with E-state index in [0.29, 0.717) is 11.5 Å². The van der Waals surface area contributed by atoms with Gasteiger partial charge in [-0.05, 0) is 50.3 Å². The summed E-state index contributed by atoms with van der Waals surface area (Å²) in [5, 5.41) is 22.2. The van der Waals surface area contributed by atoms with Crippen molar-refractivity contribution in [3.05, 3.63) is 41.1 Å². The van der Waals surface area contributed by atoms with Gasteiger partial charge in [-0.3, -0.25) is 0 Å². The van der Waals surface area contributed by atoms with Crippen LogP contribution in [0.2, 0.25) is 0 Å². The molecule has 2 aromatic rings. The number of anilines is 3. The maximum absolute atomic E-state index is 9.67. The molecular weight excluding hydrogens is 338 g/mol. The average Bonchev–Trinajstić information content (AvgIpc) is 3.16. The second-order valence-electron chi connectivity index (χ2n) is 7.08. The Morgan fingerprint density at radius 1 is 1.33 bits per heavy atom. The zero-order valence-electron chi connectivity index (χ0n) is 16.1. The van der Waals surface area contributed by atoms with Gasteiger partial charge in [-0.1, -0.05) is 19.4 Å². The molecule has 1 fully saturated rings. The first-order valence-corrected chi connectivity index (χ1v) is 9.67. The molecule has 1 aromatic carbocycles. The molecule has 1 atom stereocenters. The van der Waals surface area contributed by atoms with Gasteiger partial charge in [-0.15, -0.1) is 0 Å². The molecular formula is C21H27N5O. The minimum Gasteiger partial charge on any atom is -0.394 e. The molecule has 1 saturated heterocycles. The largest absolute Gasteiger partial charge is 0.394 e. The number of hydrogen-bond acceptors (Lipinski definition) is 6. The first kappa shape index (κ1) is 19.1. The molecule has 0 saturated carbocycles. The van der Waals surface area contributed by atoms with Crippen LogP contribution < -0.4 is 10.2 Å². The zero-order valence-corrected chi connectivity index (χ0v) is 16.1. The van der Waals surface area contributed by atoms with Crippen LogP contribution in [0.15, 0.2) is 24.3 Å². The van der Waals surface area contributed by atoms with Crippen molar-refractivity contribution < 1.29 is 5.11 Å². The third-order valence-corrected chi connectivity index (χ3v) is 5.05. The smallest absolute Gasteiger partial charge is 0.229 e. The summed E-state index contributed by atoms with van der Waals surface area (Å²) in [7, 11) is 0. The number of aliphatic hydroxyl groups is 1. The number of aromatic nitrogens is 2. The van der Waals surface area contributed by atoms with E-state index in [1.54, 1.807) is 0 Å². The Morgan fingerprint density at radius 3 is 2.93 bits per heavy atom. The lowest BCUT2D eigenvalue weighted by molar-refractivity contribution is 0.266. The fourth-order valence-corrected chi connectivity index (χ4v) is 3.45. The van der Waals surface area contributed by atoms with Gasteiger partial charge in [-0.2, -0.15) is 10.2 Å². The highest BCUT2D eigenvalue weighted by atomic mass is 16.3. The van der Waals surface area contributed by atoms with Crippen molar-refractivity contribution in [1.29, 1.82) is 5.26 Å². The van der Waals surface area contributed by atoms with Crippen LogP contribution >= 0.6 is 0 Å². The van der Waals surface area contributed by atoms with Crippen molar-refractivity contribution >= 4 is 17.5 Å². The lowest BCUT2D eigenvalue weighted by Crippen LogP contribution is -2.33. The number of nitriles is 1. The van der Waals surface area contributed by atoms with Crippen LogP contribution in [0.5, 0.6) is 0 Å². The van der Waals surface area contributed by atoms with Crippen molar-refractivity contribution in [3.63, 3.8) is 0 Å². The van der Waals surface area contributed by atoms with Gasteiger partial charge in [0.25, 0.3) is 0 Å². The second kappa shape index (κ2) is 8.83. The first-order chi connectivity index (χ1) is 13.1. The Balaban J connectivity index is 1.91. The highest BCUT2D eigenvalue weighted by Gasteiger charge is 2.25. The summed E-state index contributed by atoms with van der Waals surface area (Å²) in [6.07, 6.45) is 5.12. The molecule has 1 aromatic heterocycles. The van der Waals surface area contributed by atoms with Gasteiger partial charge in [0.05, 0.1) is 24.3 Å². The zero-order chi connectivity index (χ0) is 19.2. The molecule has 2 N–H and O–H groups in total. The summed E-state index contributed by atoms with van der Waals surface area (Å²) >= 11 is 0. The van der Waals surface area contributed by atoms with E-state index in [-0.39, 0.29) is 12.6 Å². The van der Waals surface area contributed by atoms with Gasteiger partial charge in [0, 0.05) is 24.0 Å². The molecule has 1 unspecified atom stereocenters. The van der Waals surface area contributed by atoms with Crippen LogP contribution in [-0.4, -0.2) is 34.3 Å². The quantitative estimate of drug-likeness (QED) is 0.778. The molecule has 0 spiro atoms. The predicted octanol–water partition coefficient (Wildman–Crippen LogP) is 3.70. The number of nitrogens with one attached hydrogen (secondary N) is 1. The molecule has 2 heterocycles.